The monoisotopic (exact) mass is 335 g/mol. The smallest absolute Gasteiger partial charge is 0.198 e. The van der Waals surface area contributed by atoms with Crippen molar-refractivity contribution in [1.82, 2.24) is 0 Å². The maximum atomic E-state index is 9.04. The molecule has 3 nitrogen and oxygen atoms in total. The largest absolute Gasteiger partial charge is 0.390 e. The highest BCUT2D eigenvalue weighted by molar-refractivity contribution is 8.68. The third-order valence-electron chi connectivity index (χ3n) is 2.90. The van der Waals surface area contributed by atoms with E-state index in [2.05, 4.69) is 30.1 Å². The molecule has 0 atom stereocenters. The first-order valence-corrected chi connectivity index (χ1v) is 9.05. The Kier molecular flexibility index (Phi) is 9.46. The van der Waals surface area contributed by atoms with Crippen LogP contribution < -0.4 is 5.32 Å². The van der Waals surface area contributed by atoms with Crippen molar-refractivity contribution in [3.63, 3.8) is 0 Å². The molecule has 118 valence electrons. The minimum absolute atomic E-state index is 0.0716. The molecule has 1 aromatic carbocycles. The summed E-state index contributed by atoms with van der Waals surface area (Å²) in [4.78, 5) is 0. The van der Waals surface area contributed by atoms with Crippen LogP contribution in [0.5, 0.6) is 0 Å². The van der Waals surface area contributed by atoms with E-state index in [0.717, 1.165) is 29.2 Å². The predicted octanol–water partition coefficient (Wildman–Crippen LogP) is 3.47. The van der Waals surface area contributed by atoms with Gasteiger partial charge in [0.1, 0.15) is 6.61 Å². The fourth-order valence-corrected chi connectivity index (χ4v) is 2.26. The van der Waals surface area contributed by atoms with E-state index >= 15 is 0 Å². The van der Waals surface area contributed by atoms with Crippen molar-refractivity contribution in [2.75, 3.05) is 30.8 Å². The van der Waals surface area contributed by atoms with Crippen LogP contribution >= 0.6 is 22.5 Å². The van der Waals surface area contributed by atoms with Crippen LogP contribution in [0, 0.1) is 0 Å². The molecule has 0 saturated heterocycles. The molecule has 1 rings (SSSR count). The van der Waals surface area contributed by atoms with Crippen molar-refractivity contribution in [1.29, 1.82) is 0 Å². The highest BCUT2D eigenvalue weighted by Crippen LogP contribution is 2.12. The second-order valence-corrected chi connectivity index (χ2v) is 5.95. The standard InChI is InChI=1S/C17H22N2OS2/c1-3-11-19(12-13-20)15(2)4-5-16-6-8-17(9-7-16)18-10-14-22-21/h3-9,11,18,20H,1-2,10,12-14H2/p+1/b5-4+,19-11?. The zero-order chi connectivity index (χ0) is 16.2. The molecule has 0 aromatic heterocycles. The fraction of sp³-hybridized carbons (Fsp3) is 0.235. The van der Waals surface area contributed by atoms with E-state index in [9.17, 15) is 0 Å². The number of hydrogen-bond donors (Lipinski definition) is 3. The number of rotatable bonds is 10. The van der Waals surface area contributed by atoms with E-state index in [1.165, 1.54) is 10.8 Å². The number of thiol groups is 1. The van der Waals surface area contributed by atoms with E-state index in [0.29, 0.717) is 6.54 Å². The maximum absolute atomic E-state index is 9.04. The zero-order valence-corrected chi connectivity index (χ0v) is 14.3. The van der Waals surface area contributed by atoms with E-state index in [4.69, 9.17) is 5.11 Å². The first-order valence-electron chi connectivity index (χ1n) is 7.02. The van der Waals surface area contributed by atoms with Gasteiger partial charge in [0.25, 0.3) is 0 Å². The fourth-order valence-electron chi connectivity index (χ4n) is 1.79. The number of benzene rings is 1. The van der Waals surface area contributed by atoms with Crippen LogP contribution in [0.2, 0.25) is 0 Å². The second kappa shape index (κ2) is 11.2. The summed E-state index contributed by atoms with van der Waals surface area (Å²) in [6.45, 7) is 9.14. The Balaban J connectivity index is 2.63. The van der Waals surface area contributed by atoms with Crippen LogP contribution in [0.15, 0.2) is 55.3 Å². The molecule has 0 amide bonds. The summed E-state index contributed by atoms with van der Waals surface area (Å²) in [7, 11) is 1.52. The summed E-state index contributed by atoms with van der Waals surface area (Å²) in [5, 5.41) is 12.4. The molecule has 2 N–H and O–H groups in total. The summed E-state index contributed by atoms with van der Waals surface area (Å²) in [6, 6.07) is 8.20. The van der Waals surface area contributed by atoms with Crippen molar-refractivity contribution >= 4 is 40.4 Å². The first kappa shape index (κ1) is 18.6. The van der Waals surface area contributed by atoms with Gasteiger partial charge in [0.15, 0.2) is 18.5 Å². The van der Waals surface area contributed by atoms with E-state index in [1.807, 2.05) is 41.0 Å². The van der Waals surface area contributed by atoms with Crippen LogP contribution in [-0.4, -0.2) is 41.3 Å². The summed E-state index contributed by atoms with van der Waals surface area (Å²) >= 11 is 4.11. The number of hydrogen-bond acceptors (Lipinski definition) is 4. The molecule has 0 spiro atoms. The molecule has 0 radical (unpaired) electrons. The second-order valence-electron chi connectivity index (χ2n) is 4.51. The highest BCUT2D eigenvalue weighted by Gasteiger charge is 2.04. The van der Waals surface area contributed by atoms with Gasteiger partial charge in [0.05, 0.1) is 0 Å². The highest BCUT2D eigenvalue weighted by atomic mass is 33.1. The third kappa shape index (κ3) is 7.02. The lowest BCUT2D eigenvalue weighted by molar-refractivity contribution is -0.468. The number of nitrogens with zero attached hydrogens (tertiary/aromatic N) is 1. The Morgan fingerprint density at radius 1 is 1.36 bits per heavy atom. The van der Waals surface area contributed by atoms with Gasteiger partial charge in [-0.05, 0) is 36.4 Å². The van der Waals surface area contributed by atoms with E-state index in [-0.39, 0.29) is 6.61 Å². The van der Waals surface area contributed by atoms with Gasteiger partial charge in [-0.25, -0.2) is 0 Å². The quantitative estimate of drug-likeness (QED) is 0.153. The zero-order valence-electron chi connectivity index (χ0n) is 12.6. The lowest BCUT2D eigenvalue weighted by atomic mass is 10.2. The minimum Gasteiger partial charge on any atom is -0.390 e. The summed E-state index contributed by atoms with van der Waals surface area (Å²) in [5.41, 5.74) is 3.00. The number of anilines is 1. The van der Waals surface area contributed by atoms with Crippen LogP contribution in [0.25, 0.3) is 6.08 Å². The average molecular weight is 336 g/mol. The summed E-state index contributed by atoms with van der Waals surface area (Å²) in [6.07, 6.45) is 7.40. The molecule has 0 bridgehead atoms. The lowest BCUT2D eigenvalue weighted by Gasteiger charge is -2.05. The van der Waals surface area contributed by atoms with Crippen molar-refractivity contribution in [2.24, 2.45) is 0 Å². The van der Waals surface area contributed by atoms with Gasteiger partial charge in [-0.3, -0.25) is 0 Å². The maximum Gasteiger partial charge on any atom is 0.198 e. The average Bonchev–Trinajstić information content (AvgIpc) is 2.54. The first-order chi connectivity index (χ1) is 10.7. The third-order valence-corrected chi connectivity index (χ3v) is 3.83. The molecule has 0 saturated carbocycles. The normalized spacial score (nSPS) is 11.6. The number of aliphatic hydroxyl groups excluding tert-OH is 1. The number of nitrogens with one attached hydrogen (secondary N) is 1. The van der Waals surface area contributed by atoms with Gasteiger partial charge < -0.3 is 10.4 Å². The van der Waals surface area contributed by atoms with Gasteiger partial charge >= 0.3 is 0 Å². The van der Waals surface area contributed by atoms with Crippen molar-refractivity contribution < 1.29 is 9.68 Å². The molecule has 0 aliphatic rings. The summed E-state index contributed by atoms with van der Waals surface area (Å²) in [5.74, 6) is 0.963. The Hall–Kier alpha value is -1.43. The van der Waals surface area contributed by atoms with Crippen LogP contribution in [0.3, 0.4) is 0 Å². The van der Waals surface area contributed by atoms with E-state index in [1.54, 1.807) is 12.3 Å². The minimum atomic E-state index is 0.0716. The molecule has 22 heavy (non-hydrogen) atoms. The molecule has 0 unspecified atom stereocenters. The van der Waals surface area contributed by atoms with Crippen molar-refractivity contribution in [3.8, 4) is 0 Å². The topological polar surface area (TPSA) is 35.3 Å². The molecule has 0 aliphatic carbocycles. The SMILES string of the molecule is C=CC=[N+](CCO)C(=C)/C=C/c1ccc(NCCSS)cc1. The molecular formula is C17H23N2OS2+. The molecule has 0 fully saturated rings. The van der Waals surface area contributed by atoms with Crippen molar-refractivity contribution in [2.45, 2.75) is 0 Å². The molecule has 1 aromatic rings. The Morgan fingerprint density at radius 3 is 2.68 bits per heavy atom. The van der Waals surface area contributed by atoms with Gasteiger partial charge in [-0.1, -0.05) is 29.5 Å². The van der Waals surface area contributed by atoms with Crippen LogP contribution in [0.1, 0.15) is 5.56 Å². The predicted molar refractivity (Wildman–Crippen MR) is 103 cm³/mol. The molecular weight excluding hydrogens is 312 g/mol. The lowest BCUT2D eigenvalue weighted by Crippen LogP contribution is -2.14. The molecule has 0 heterocycles. The van der Waals surface area contributed by atoms with Gasteiger partial charge in [0.2, 0.25) is 0 Å². The number of aliphatic hydroxyl groups is 1. The van der Waals surface area contributed by atoms with Crippen LogP contribution in [0.4, 0.5) is 5.69 Å². The Morgan fingerprint density at radius 2 is 2.09 bits per heavy atom. The molecule has 5 heteroatoms. The van der Waals surface area contributed by atoms with Gasteiger partial charge in [-0.2, -0.15) is 4.58 Å². The summed E-state index contributed by atoms with van der Waals surface area (Å²) < 4.78 is 1.86. The number of allylic oxidation sites excluding steroid dienone is 2. The van der Waals surface area contributed by atoms with Gasteiger partial charge in [0, 0.05) is 24.1 Å². The Bertz CT molecular complexity index is 536. The van der Waals surface area contributed by atoms with E-state index < -0.39 is 0 Å². The molecule has 0 aliphatic heterocycles. The Labute approximate surface area is 142 Å². The van der Waals surface area contributed by atoms with Gasteiger partial charge in [-0.15, -0.1) is 11.7 Å². The van der Waals surface area contributed by atoms with Crippen LogP contribution in [-0.2, 0) is 0 Å². The van der Waals surface area contributed by atoms with Crippen molar-refractivity contribution in [3.05, 3.63) is 60.8 Å².